The summed E-state index contributed by atoms with van der Waals surface area (Å²) < 4.78 is 0. The summed E-state index contributed by atoms with van der Waals surface area (Å²) in [4.78, 5) is 0. The molecule has 3 rings (SSSR count). The molecule has 0 radical (unpaired) electrons. The van der Waals surface area contributed by atoms with E-state index in [0.29, 0.717) is 6.04 Å². The highest BCUT2D eigenvalue weighted by Gasteiger charge is 2.17. The summed E-state index contributed by atoms with van der Waals surface area (Å²) in [7, 11) is 0. The number of benzene rings is 2. The van der Waals surface area contributed by atoms with E-state index in [9.17, 15) is 0 Å². The third kappa shape index (κ3) is 2.81. The molecular weight excluding hydrogens is 230 g/mol. The van der Waals surface area contributed by atoms with E-state index in [1.807, 2.05) is 0 Å². The Morgan fingerprint density at radius 3 is 2.79 bits per heavy atom. The lowest BCUT2D eigenvalue weighted by atomic mass is 9.93. The van der Waals surface area contributed by atoms with Crippen molar-refractivity contribution in [1.29, 1.82) is 0 Å². The first-order valence-electron chi connectivity index (χ1n) is 7.27. The van der Waals surface area contributed by atoms with Gasteiger partial charge in [-0.05, 0) is 48.4 Å². The van der Waals surface area contributed by atoms with Crippen LogP contribution in [0.15, 0.2) is 48.5 Å². The average molecular weight is 251 g/mol. The van der Waals surface area contributed by atoms with E-state index in [0.717, 1.165) is 12.8 Å². The summed E-state index contributed by atoms with van der Waals surface area (Å²) in [5.74, 6) is 0. The lowest BCUT2D eigenvalue weighted by Crippen LogP contribution is -2.27. The molecule has 0 saturated carbocycles. The molecule has 19 heavy (non-hydrogen) atoms. The van der Waals surface area contributed by atoms with Gasteiger partial charge in [0.25, 0.3) is 0 Å². The van der Waals surface area contributed by atoms with Gasteiger partial charge in [0.1, 0.15) is 0 Å². The SMILES string of the molecule is CCc1cccc(CC2CCc3ccccc3N2)c1. The molecule has 2 aromatic rings. The zero-order chi connectivity index (χ0) is 13.1. The quantitative estimate of drug-likeness (QED) is 0.861. The summed E-state index contributed by atoms with van der Waals surface area (Å²) in [5, 5.41) is 3.68. The van der Waals surface area contributed by atoms with E-state index < -0.39 is 0 Å². The predicted octanol–water partition coefficient (Wildman–Crippen LogP) is 4.22. The Balaban J connectivity index is 1.71. The van der Waals surface area contributed by atoms with Crippen molar-refractivity contribution < 1.29 is 0 Å². The van der Waals surface area contributed by atoms with Crippen molar-refractivity contribution in [3.8, 4) is 0 Å². The molecule has 1 aliphatic rings. The Bertz CT molecular complexity index is 559. The van der Waals surface area contributed by atoms with Crippen LogP contribution in [0.1, 0.15) is 30.0 Å². The maximum Gasteiger partial charge on any atom is 0.0374 e. The molecule has 0 saturated heterocycles. The molecule has 0 aliphatic carbocycles. The summed E-state index contributed by atoms with van der Waals surface area (Å²) in [6.45, 7) is 2.22. The van der Waals surface area contributed by atoms with E-state index in [-0.39, 0.29) is 0 Å². The summed E-state index contributed by atoms with van der Waals surface area (Å²) in [6, 6.07) is 18.3. The fourth-order valence-electron chi connectivity index (χ4n) is 2.92. The van der Waals surface area contributed by atoms with E-state index in [2.05, 4.69) is 60.8 Å². The summed E-state index contributed by atoms with van der Waals surface area (Å²) in [6.07, 6.45) is 4.67. The Morgan fingerprint density at radius 2 is 1.89 bits per heavy atom. The van der Waals surface area contributed by atoms with E-state index in [4.69, 9.17) is 0 Å². The van der Waals surface area contributed by atoms with Gasteiger partial charge in [-0.3, -0.25) is 0 Å². The zero-order valence-electron chi connectivity index (χ0n) is 11.5. The van der Waals surface area contributed by atoms with E-state index in [1.54, 1.807) is 0 Å². The lowest BCUT2D eigenvalue weighted by Gasteiger charge is -2.27. The highest BCUT2D eigenvalue weighted by Crippen LogP contribution is 2.25. The molecule has 1 nitrogen and oxygen atoms in total. The van der Waals surface area contributed by atoms with Crippen LogP contribution in [0.2, 0.25) is 0 Å². The van der Waals surface area contributed by atoms with Crippen molar-refractivity contribution in [2.45, 2.75) is 38.6 Å². The van der Waals surface area contributed by atoms with Crippen LogP contribution in [0, 0.1) is 0 Å². The second-order valence-electron chi connectivity index (χ2n) is 5.41. The second-order valence-corrected chi connectivity index (χ2v) is 5.41. The van der Waals surface area contributed by atoms with Gasteiger partial charge in [0.05, 0.1) is 0 Å². The summed E-state index contributed by atoms with van der Waals surface area (Å²) >= 11 is 0. The molecule has 0 fully saturated rings. The number of anilines is 1. The topological polar surface area (TPSA) is 12.0 Å². The Labute approximate surface area is 115 Å². The smallest absolute Gasteiger partial charge is 0.0374 e. The highest BCUT2D eigenvalue weighted by molar-refractivity contribution is 5.54. The van der Waals surface area contributed by atoms with Crippen LogP contribution in [0.25, 0.3) is 0 Å². The van der Waals surface area contributed by atoms with Crippen molar-refractivity contribution >= 4 is 5.69 Å². The van der Waals surface area contributed by atoms with Crippen LogP contribution in [0.4, 0.5) is 5.69 Å². The van der Waals surface area contributed by atoms with Crippen LogP contribution in [-0.2, 0) is 19.3 Å². The van der Waals surface area contributed by atoms with Gasteiger partial charge >= 0.3 is 0 Å². The molecule has 0 bridgehead atoms. The molecule has 1 atom stereocenters. The largest absolute Gasteiger partial charge is 0.382 e. The Hall–Kier alpha value is -1.76. The van der Waals surface area contributed by atoms with E-state index >= 15 is 0 Å². The van der Waals surface area contributed by atoms with Gasteiger partial charge in [0.2, 0.25) is 0 Å². The molecule has 98 valence electrons. The average Bonchev–Trinajstić information content (AvgIpc) is 2.47. The number of hydrogen-bond acceptors (Lipinski definition) is 1. The van der Waals surface area contributed by atoms with Gasteiger partial charge in [-0.15, -0.1) is 0 Å². The van der Waals surface area contributed by atoms with Gasteiger partial charge in [-0.2, -0.15) is 0 Å². The Morgan fingerprint density at radius 1 is 1.05 bits per heavy atom. The fraction of sp³-hybridized carbons (Fsp3) is 0.333. The van der Waals surface area contributed by atoms with Gasteiger partial charge < -0.3 is 5.32 Å². The van der Waals surface area contributed by atoms with Gasteiger partial charge in [-0.25, -0.2) is 0 Å². The molecule has 1 unspecified atom stereocenters. The number of fused-ring (bicyclic) bond motifs is 1. The van der Waals surface area contributed by atoms with Gasteiger partial charge in [-0.1, -0.05) is 49.4 Å². The van der Waals surface area contributed by atoms with Crippen LogP contribution in [0.5, 0.6) is 0 Å². The molecule has 2 aromatic carbocycles. The van der Waals surface area contributed by atoms with Crippen molar-refractivity contribution in [2.24, 2.45) is 0 Å². The lowest BCUT2D eigenvalue weighted by molar-refractivity contribution is 0.628. The van der Waals surface area contributed by atoms with Gasteiger partial charge in [0, 0.05) is 11.7 Å². The molecule has 0 amide bonds. The van der Waals surface area contributed by atoms with Crippen molar-refractivity contribution in [3.05, 3.63) is 65.2 Å². The van der Waals surface area contributed by atoms with Crippen molar-refractivity contribution in [3.63, 3.8) is 0 Å². The standard InChI is InChI=1S/C18H21N/c1-2-14-6-5-7-15(12-14)13-17-11-10-16-8-3-4-9-18(16)19-17/h3-9,12,17,19H,2,10-11,13H2,1H3. The highest BCUT2D eigenvalue weighted by atomic mass is 14.9. The van der Waals surface area contributed by atoms with Crippen LogP contribution >= 0.6 is 0 Å². The maximum atomic E-state index is 3.68. The minimum absolute atomic E-state index is 0.571. The van der Waals surface area contributed by atoms with Gasteiger partial charge in [0.15, 0.2) is 0 Å². The molecule has 1 heteroatoms. The third-order valence-electron chi connectivity index (χ3n) is 4.02. The van der Waals surface area contributed by atoms with Crippen molar-refractivity contribution in [2.75, 3.05) is 5.32 Å². The number of para-hydroxylation sites is 1. The first kappa shape index (κ1) is 12.3. The van der Waals surface area contributed by atoms with Crippen molar-refractivity contribution in [1.82, 2.24) is 0 Å². The second kappa shape index (κ2) is 5.48. The molecule has 0 aromatic heterocycles. The third-order valence-corrected chi connectivity index (χ3v) is 4.02. The monoisotopic (exact) mass is 251 g/mol. The predicted molar refractivity (Wildman–Crippen MR) is 81.7 cm³/mol. The minimum Gasteiger partial charge on any atom is -0.382 e. The zero-order valence-corrected chi connectivity index (χ0v) is 11.5. The first-order chi connectivity index (χ1) is 9.35. The molecule has 1 aliphatic heterocycles. The van der Waals surface area contributed by atoms with Crippen LogP contribution in [-0.4, -0.2) is 6.04 Å². The number of aryl methyl sites for hydroxylation is 2. The number of nitrogens with one attached hydrogen (secondary N) is 1. The molecule has 1 heterocycles. The first-order valence-corrected chi connectivity index (χ1v) is 7.27. The van der Waals surface area contributed by atoms with Crippen LogP contribution < -0.4 is 5.32 Å². The number of rotatable bonds is 3. The summed E-state index contributed by atoms with van der Waals surface area (Å²) in [5.41, 5.74) is 5.68. The maximum absolute atomic E-state index is 3.68. The minimum atomic E-state index is 0.571. The molecule has 1 N–H and O–H groups in total. The van der Waals surface area contributed by atoms with Crippen LogP contribution in [0.3, 0.4) is 0 Å². The Kier molecular flexibility index (Phi) is 3.54. The molecular formula is C18H21N. The number of hydrogen-bond donors (Lipinski definition) is 1. The normalized spacial score (nSPS) is 17.6. The van der Waals surface area contributed by atoms with E-state index in [1.165, 1.54) is 35.2 Å². The molecule has 0 spiro atoms. The fourth-order valence-corrected chi connectivity index (χ4v) is 2.92.